The summed E-state index contributed by atoms with van der Waals surface area (Å²) in [4.78, 5) is 13.9. The van der Waals surface area contributed by atoms with Gasteiger partial charge in [0.2, 0.25) is 0 Å². The molecule has 0 aliphatic heterocycles. The minimum absolute atomic E-state index is 0.0563. The van der Waals surface area contributed by atoms with Gasteiger partial charge in [0.05, 0.1) is 16.8 Å². The van der Waals surface area contributed by atoms with Crippen molar-refractivity contribution < 1.29 is 4.79 Å². The van der Waals surface area contributed by atoms with E-state index in [-0.39, 0.29) is 5.78 Å². The van der Waals surface area contributed by atoms with Gasteiger partial charge in [0.1, 0.15) is 0 Å². The molecule has 17 heavy (non-hydrogen) atoms. The maximum atomic E-state index is 12.1. The Morgan fingerprint density at radius 2 is 2.24 bits per heavy atom. The molecular formula is C12H14N4O. The number of rotatable bonds is 3. The van der Waals surface area contributed by atoms with Crippen LogP contribution in [0.2, 0.25) is 0 Å². The van der Waals surface area contributed by atoms with Crippen molar-refractivity contribution in [3.8, 4) is 0 Å². The van der Waals surface area contributed by atoms with E-state index in [0.29, 0.717) is 11.3 Å². The van der Waals surface area contributed by atoms with Gasteiger partial charge < -0.3 is 4.90 Å². The molecule has 0 amide bonds. The third kappa shape index (κ3) is 2.18. The number of ketones is 1. The lowest BCUT2D eigenvalue weighted by Crippen LogP contribution is -2.03. The van der Waals surface area contributed by atoms with Crippen LogP contribution in [0.4, 0.5) is 0 Å². The number of carbonyl (C=O) groups excluding carboxylic acids is 1. The fourth-order valence-corrected chi connectivity index (χ4v) is 1.61. The molecule has 0 aromatic carbocycles. The minimum Gasteiger partial charge on any atom is -0.383 e. The van der Waals surface area contributed by atoms with E-state index in [0.717, 1.165) is 5.52 Å². The highest BCUT2D eigenvalue weighted by Crippen LogP contribution is 2.15. The van der Waals surface area contributed by atoms with Gasteiger partial charge in [-0.2, -0.15) is 14.8 Å². The van der Waals surface area contributed by atoms with Crippen molar-refractivity contribution in [3.05, 3.63) is 41.9 Å². The molecule has 2 aromatic heterocycles. The Balaban J connectivity index is 2.48. The lowest BCUT2D eigenvalue weighted by molar-refractivity contribution is 0.104. The maximum absolute atomic E-state index is 12.1. The van der Waals surface area contributed by atoms with Crippen LogP contribution in [-0.2, 0) is 0 Å². The molecule has 0 radical (unpaired) electrons. The van der Waals surface area contributed by atoms with Crippen molar-refractivity contribution >= 4 is 11.3 Å². The Hall–Kier alpha value is -2.17. The predicted molar refractivity (Wildman–Crippen MR) is 64.9 cm³/mol. The number of hydrogen-bond acceptors (Lipinski definition) is 4. The smallest absolute Gasteiger partial charge is 0.191 e. The highest BCUT2D eigenvalue weighted by molar-refractivity contribution is 6.10. The lowest BCUT2D eigenvalue weighted by atomic mass is 10.1. The van der Waals surface area contributed by atoms with Crippen molar-refractivity contribution in [1.29, 1.82) is 0 Å². The largest absolute Gasteiger partial charge is 0.383 e. The van der Waals surface area contributed by atoms with Crippen molar-refractivity contribution in [2.75, 3.05) is 14.1 Å². The summed E-state index contributed by atoms with van der Waals surface area (Å²) in [6, 6.07) is 3.63. The molecule has 0 unspecified atom stereocenters. The first-order chi connectivity index (χ1) is 8.09. The fraction of sp³-hybridized carbons (Fsp3) is 0.250. The van der Waals surface area contributed by atoms with Crippen molar-refractivity contribution in [3.63, 3.8) is 0 Å². The highest BCUT2D eigenvalue weighted by atomic mass is 16.1. The summed E-state index contributed by atoms with van der Waals surface area (Å²) in [5, 5.41) is 8.26. The number of hydrogen-bond donors (Lipinski definition) is 0. The Morgan fingerprint density at radius 3 is 2.94 bits per heavy atom. The molecule has 0 saturated heterocycles. The van der Waals surface area contributed by atoms with E-state index in [9.17, 15) is 4.79 Å². The number of nitrogens with zero attached hydrogens (tertiary/aromatic N) is 4. The van der Waals surface area contributed by atoms with E-state index < -0.39 is 0 Å². The van der Waals surface area contributed by atoms with Crippen LogP contribution in [0.5, 0.6) is 0 Å². The summed E-state index contributed by atoms with van der Waals surface area (Å²) >= 11 is 0. The molecule has 0 fully saturated rings. The molecule has 2 aromatic rings. The maximum Gasteiger partial charge on any atom is 0.191 e. The normalized spacial score (nSPS) is 11.2. The molecule has 5 heteroatoms. The Bertz CT molecular complexity index is 583. The number of carbonyl (C=O) groups is 1. The van der Waals surface area contributed by atoms with E-state index in [1.807, 2.05) is 32.0 Å². The molecule has 0 atom stereocenters. The standard InChI is InChI=1S/C12H14N4O/c1-9-12(11(17)6-8-15(2)3)10-5-4-7-13-16(10)14-9/h4-8H,1-3H3. The van der Waals surface area contributed by atoms with E-state index >= 15 is 0 Å². The Kier molecular flexibility index (Phi) is 2.91. The van der Waals surface area contributed by atoms with Gasteiger partial charge in [-0.15, -0.1) is 0 Å². The van der Waals surface area contributed by atoms with E-state index in [1.54, 1.807) is 18.5 Å². The van der Waals surface area contributed by atoms with Gasteiger partial charge in [0, 0.05) is 32.6 Å². The lowest BCUT2D eigenvalue weighted by Gasteiger charge is -2.02. The summed E-state index contributed by atoms with van der Waals surface area (Å²) in [7, 11) is 3.74. The summed E-state index contributed by atoms with van der Waals surface area (Å²) in [5.74, 6) is -0.0563. The second-order valence-electron chi connectivity index (χ2n) is 4.00. The van der Waals surface area contributed by atoms with E-state index in [2.05, 4.69) is 10.2 Å². The second-order valence-corrected chi connectivity index (χ2v) is 4.00. The van der Waals surface area contributed by atoms with Gasteiger partial charge in [-0.05, 0) is 19.1 Å². The molecule has 0 saturated carbocycles. The summed E-state index contributed by atoms with van der Waals surface area (Å²) in [6.45, 7) is 1.81. The number of fused-ring (bicyclic) bond motifs is 1. The average molecular weight is 230 g/mol. The van der Waals surface area contributed by atoms with Crippen LogP contribution in [0.3, 0.4) is 0 Å². The molecule has 0 aliphatic rings. The average Bonchev–Trinajstić information content (AvgIpc) is 2.61. The molecule has 0 aliphatic carbocycles. The fourth-order valence-electron chi connectivity index (χ4n) is 1.61. The van der Waals surface area contributed by atoms with Crippen LogP contribution >= 0.6 is 0 Å². The topological polar surface area (TPSA) is 50.5 Å². The molecular weight excluding hydrogens is 216 g/mol. The summed E-state index contributed by atoms with van der Waals surface area (Å²) in [6.07, 6.45) is 4.90. The minimum atomic E-state index is -0.0563. The molecule has 0 spiro atoms. The van der Waals surface area contributed by atoms with Crippen LogP contribution in [-0.4, -0.2) is 39.6 Å². The van der Waals surface area contributed by atoms with Gasteiger partial charge in [-0.25, -0.2) is 0 Å². The zero-order chi connectivity index (χ0) is 12.4. The van der Waals surface area contributed by atoms with Crippen LogP contribution in [0.15, 0.2) is 30.6 Å². The zero-order valence-electron chi connectivity index (χ0n) is 10.1. The molecule has 2 heterocycles. The van der Waals surface area contributed by atoms with Gasteiger partial charge in [-0.3, -0.25) is 4.79 Å². The first kappa shape index (κ1) is 11.3. The predicted octanol–water partition coefficient (Wildman–Crippen LogP) is 1.30. The van der Waals surface area contributed by atoms with Gasteiger partial charge in [0.15, 0.2) is 5.78 Å². The number of aryl methyl sites for hydroxylation is 1. The molecule has 88 valence electrons. The third-order valence-electron chi connectivity index (χ3n) is 2.36. The molecule has 2 rings (SSSR count). The van der Waals surface area contributed by atoms with Crippen LogP contribution < -0.4 is 0 Å². The van der Waals surface area contributed by atoms with Crippen molar-refractivity contribution in [1.82, 2.24) is 19.7 Å². The Labute approximate surface area is 99.3 Å². The number of aromatic nitrogens is 3. The van der Waals surface area contributed by atoms with Gasteiger partial charge >= 0.3 is 0 Å². The van der Waals surface area contributed by atoms with Gasteiger partial charge in [-0.1, -0.05) is 0 Å². The van der Waals surface area contributed by atoms with Crippen LogP contribution in [0.25, 0.3) is 5.52 Å². The zero-order valence-corrected chi connectivity index (χ0v) is 10.1. The SMILES string of the molecule is Cc1nn2ncccc2c1C(=O)C=CN(C)C. The van der Waals surface area contributed by atoms with E-state index in [1.165, 1.54) is 10.7 Å². The van der Waals surface area contributed by atoms with Crippen LogP contribution in [0, 0.1) is 6.92 Å². The summed E-state index contributed by atoms with van der Waals surface area (Å²) in [5.41, 5.74) is 2.03. The van der Waals surface area contributed by atoms with Crippen molar-refractivity contribution in [2.24, 2.45) is 0 Å². The monoisotopic (exact) mass is 230 g/mol. The second kappa shape index (κ2) is 4.37. The first-order valence-electron chi connectivity index (χ1n) is 5.29. The van der Waals surface area contributed by atoms with Gasteiger partial charge in [0.25, 0.3) is 0 Å². The molecule has 5 nitrogen and oxygen atoms in total. The third-order valence-corrected chi connectivity index (χ3v) is 2.36. The summed E-state index contributed by atoms with van der Waals surface area (Å²) < 4.78 is 1.48. The quantitative estimate of drug-likeness (QED) is 0.589. The van der Waals surface area contributed by atoms with Crippen molar-refractivity contribution in [2.45, 2.75) is 6.92 Å². The first-order valence-corrected chi connectivity index (χ1v) is 5.29. The highest BCUT2D eigenvalue weighted by Gasteiger charge is 2.14. The molecule has 0 N–H and O–H groups in total. The Morgan fingerprint density at radius 1 is 1.47 bits per heavy atom. The van der Waals surface area contributed by atoms with Crippen LogP contribution in [0.1, 0.15) is 16.1 Å². The molecule has 0 bridgehead atoms. The number of allylic oxidation sites excluding steroid dienone is 1. The van der Waals surface area contributed by atoms with E-state index in [4.69, 9.17) is 0 Å².